The van der Waals surface area contributed by atoms with Crippen molar-refractivity contribution in [2.75, 3.05) is 26.3 Å². The lowest BCUT2D eigenvalue weighted by Gasteiger charge is -2.13. The number of rotatable bonds is 7. The quantitative estimate of drug-likeness (QED) is 0.766. The van der Waals surface area contributed by atoms with E-state index in [9.17, 15) is 0 Å². The highest BCUT2D eigenvalue weighted by Gasteiger charge is 2.14. The van der Waals surface area contributed by atoms with Crippen molar-refractivity contribution >= 4 is 0 Å². The summed E-state index contributed by atoms with van der Waals surface area (Å²) in [7, 11) is 0. The number of aromatic nitrogens is 1. The smallest absolute Gasteiger partial charge is 0.140 e. The van der Waals surface area contributed by atoms with Crippen LogP contribution in [0.4, 0.5) is 0 Å². The molecule has 106 valence electrons. The minimum Gasteiger partial charge on any atom is -0.490 e. The normalized spacial score (nSPS) is 18.7. The summed E-state index contributed by atoms with van der Waals surface area (Å²) >= 11 is 0. The third-order valence-corrected chi connectivity index (χ3v) is 3.34. The number of hydrogen-bond donors (Lipinski definition) is 1. The topological polar surface area (TPSA) is 43.4 Å². The maximum atomic E-state index is 5.78. The Balaban J connectivity index is 1.67. The molecule has 1 aliphatic heterocycles. The van der Waals surface area contributed by atoms with E-state index in [2.05, 4.69) is 17.2 Å². The number of hydrogen-bond acceptors (Lipinski definition) is 4. The molecule has 0 spiro atoms. The molecule has 1 aromatic heterocycles. The molecule has 4 heteroatoms. The Morgan fingerprint density at radius 1 is 1.47 bits per heavy atom. The number of aryl methyl sites for hydroxylation is 2. The lowest BCUT2D eigenvalue weighted by molar-refractivity contribution is 0.109. The summed E-state index contributed by atoms with van der Waals surface area (Å²) in [4.78, 5) is 4.49. The van der Waals surface area contributed by atoms with Crippen LogP contribution in [0.5, 0.6) is 5.75 Å². The van der Waals surface area contributed by atoms with Crippen LogP contribution >= 0.6 is 0 Å². The van der Waals surface area contributed by atoms with Gasteiger partial charge in [0.1, 0.15) is 12.4 Å². The fourth-order valence-corrected chi connectivity index (χ4v) is 2.28. The highest BCUT2D eigenvalue weighted by atomic mass is 16.5. The summed E-state index contributed by atoms with van der Waals surface area (Å²) < 4.78 is 11.3. The maximum Gasteiger partial charge on any atom is 0.140 e. The van der Waals surface area contributed by atoms with E-state index in [1.54, 1.807) is 0 Å². The molecular formula is C15H24N2O2. The Kier molecular flexibility index (Phi) is 5.61. The highest BCUT2D eigenvalue weighted by molar-refractivity contribution is 5.29. The van der Waals surface area contributed by atoms with Crippen LogP contribution in [0.15, 0.2) is 12.1 Å². The summed E-state index contributed by atoms with van der Waals surface area (Å²) in [6.45, 7) is 7.46. The number of ether oxygens (including phenoxy) is 2. The van der Waals surface area contributed by atoms with Crippen molar-refractivity contribution in [1.29, 1.82) is 0 Å². The summed E-state index contributed by atoms with van der Waals surface area (Å²) in [6, 6.07) is 4.01. The summed E-state index contributed by atoms with van der Waals surface area (Å²) in [5.41, 5.74) is 2.08. The lowest BCUT2D eigenvalue weighted by Crippen LogP contribution is -2.29. The van der Waals surface area contributed by atoms with Crippen molar-refractivity contribution in [1.82, 2.24) is 10.3 Å². The van der Waals surface area contributed by atoms with Gasteiger partial charge in [0.15, 0.2) is 0 Å². The molecule has 0 radical (unpaired) electrons. The molecule has 2 heterocycles. The van der Waals surface area contributed by atoms with Gasteiger partial charge in [0.25, 0.3) is 0 Å². The number of nitrogens with zero attached hydrogens (tertiary/aromatic N) is 1. The van der Waals surface area contributed by atoms with Crippen molar-refractivity contribution in [3.63, 3.8) is 0 Å². The molecule has 1 fully saturated rings. The van der Waals surface area contributed by atoms with Crippen LogP contribution in [-0.4, -0.2) is 37.4 Å². The highest BCUT2D eigenvalue weighted by Crippen LogP contribution is 2.17. The first kappa shape index (κ1) is 14.3. The van der Waals surface area contributed by atoms with Gasteiger partial charge in [0, 0.05) is 25.4 Å². The SMILES string of the molecule is CCc1nc(C)ccc1OCCNCC1CCCO1. The van der Waals surface area contributed by atoms with Gasteiger partial charge >= 0.3 is 0 Å². The van der Waals surface area contributed by atoms with Gasteiger partial charge in [0.05, 0.1) is 11.8 Å². The Morgan fingerprint density at radius 2 is 2.37 bits per heavy atom. The molecule has 1 saturated heterocycles. The third-order valence-electron chi connectivity index (χ3n) is 3.34. The first-order valence-electron chi connectivity index (χ1n) is 7.21. The average molecular weight is 264 g/mol. The van der Waals surface area contributed by atoms with Crippen LogP contribution < -0.4 is 10.1 Å². The first-order valence-corrected chi connectivity index (χ1v) is 7.21. The monoisotopic (exact) mass is 264 g/mol. The van der Waals surface area contributed by atoms with Crippen LogP contribution in [0.2, 0.25) is 0 Å². The van der Waals surface area contributed by atoms with Crippen LogP contribution in [0.25, 0.3) is 0 Å². The molecule has 0 amide bonds. The molecule has 1 atom stereocenters. The van der Waals surface area contributed by atoms with Crippen LogP contribution in [0, 0.1) is 6.92 Å². The van der Waals surface area contributed by atoms with Gasteiger partial charge in [-0.05, 0) is 38.3 Å². The Bertz CT molecular complexity index is 390. The zero-order valence-corrected chi connectivity index (χ0v) is 11.9. The van der Waals surface area contributed by atoms with Crippen molar-refractivity contribution in [3.8, 4) is 5.75 Å². The Labute approximate surface area is 115 Å². The van der Waals surface area contributed by atoms with Gasteiger partial charge in [-0.1, -0.05) is 6.92 Å². The second kappa shape index (κ2) is 7.46. The Hall–Kier alpha value is -1.13. The molecule has 1 aliphatic rings. The van der Waals surface area contributed by atoms with E-state index in [0.29, 0.717) is 12.7 Å². The third kappa shape index (κ3) is 4.48. The van der Waals surface area contributed by atoms with Gasteiger partial charge < -0.3 is 14.8 Å². The lowest BCUT2D eigenvalue weighted by atomic mass is 10.2. The molecule has 0 aliphatic carbocycles. The second-order valence-electron chi connectivity index (χ2n) is 4.94. The molecule has 1 aromatic rings. The molecule has 19 heavy (non-hydrogen) atoms. The van der Waals surface area contributed by atoms with E-state index >= 15 is 0 Å². The van der Waals surface area contributed by atoms with Gasteiger partial charge in [0.2, 0.25) is 0 Å². The average Bonchev–Trinajstić information content (AvgIpc) is 2.93. The zero-order chi connectivity index (χ0) is 13.5. The number of nitrogens with one attached hydrogen (secondary N) is 1. The molecule has 1 unspecified atom stereocenters. The van der Waals surface area contributed by atoms with Crippen LogP contribution in [-0.2, 0) is 11.2 Å². The predicted octanol–water partition coefficient (Wildman–Crippen LogP) is 2.10. The van der Waals surface area contributed by atoms with E-state index in [0.717, 1.165) is 43.3 Å². The Morgan fingerprint density at radius 3 is 3.11 bits per heavy atom. The fraction of sp³-hybridized carbons (Fsp3) is 0.667. The van der Waals surface area contributed by atoms with Gasteiger partial charge in [-0.3, -0.25) is 4.98 Å². The van der Waals surface area contributed by atoms with Gasteiger partial charge in [-0.25, -0.2) is 0 Å². The maximum absolute atomic E-state index is 5.78. The van der Waals surface area contributed by atoms with Crippen molar-refractivity contribution < 1.29 is 9.47 Å². The summed E-state index contributed by atoms with van der Waals surface area (Å²) in [6.07, 6.45) is 3.67. The van der Waals surface area contributed by atoms with E-state index in [1.807, 2.05) is 19.1 Å². The van der Waals surface area contributed by atoms with Gasteiger partial charge in [-0.2, -0.15) is 0 Å². The molecule has 0 aromatic carbocycles. The summed E-state index contributed by atoms with van der Waals surface area (Å²) in [5, 5.41) is 3.38. The minimum absolute atomic E-state index is 0.396. The van der Waals surface area contributed by atoms with Gasteiger partial charge in [-0.15, -0.1) is 0 Å². The minimum atomic E-state index is 0.396. The van der Waals surface area contributed by atoms with E-state index < -0.39 is 0 Å². The molecular weight excluding hydrogens is 240 g/mol. The van der Waals surface area contributed by atoms with E-state index in [1.165, 1.54) is 12.8 Å². The van der Waals surface area contributed by atoms with Crippen molar-refractivity contribution in [2.24, 2.45) is 0 Å². The second-order valence-corrected chi connectivity index (χ2v) is 4.94. The zero-order valence-electron chi connectivity index (χ0n) is 11.9. The molecule has 4 nitrogen and oxygen atoms in total. The standard InChI is InChI=1S/C15H24N2O2/c1-3-14-15(7-6-12(2)17-14)19-10-8-16-11-13-5-4-9-18-13/h6-7,13,16H,3-5,8-11H2,1-2H3. The van der Waals surface area contributed by atoms with E-state index in [4.69, 9.17) is 9.47 Å². The molecule has 2 rings (SSSR count). The fourth-order valence-electron chi connectivity index (χ4n) is 2.28. The first-order chi connectivity index (χ1) is 9.29. The van der Waals surface area contributed by atoms with Crippen LogP contribution in [0.3, 0.4) is 0 Å². The predicted molar refractivity (Wildman–Crippen MR) is 75.7 cm³/mol. The largest absolute Gasteiger partial charge is 0.490 e. The summed E-state index contributed by atoms with van der Waals surface area (Å²) in [5.74, 6) is 0.909. The van der Waals surface area contributed by atoms with Crippen LogP contribution in [0.1, 0.15) is 31.2 Å². The van der Waals surface area contributed by atoms with Crippen molar-refractivity contribution in [3.05, 3.63) is 23.5 Å². The molecule has 0 bridgehead atoms. The van der Waals surface area contributed by atoms with Crippen molar-refractivity contribution in [2.45, 2.75) is 39.2 Å². The molecule has 0 saturated carbocycles. The van der Waals surface area contributed by atoms with E-state index in [-0.39, 0.29) is 0 Å². The number of pyridine rings is 1. The molecule has 1 N–H and O–H groups in total.